The zero-order valence-corrected chi connectivity index (χ0v) is 10.2. The molecule has 1 N–H and O–H groups in total. The Kier molecular flexibility index (Phi) is 2.58. The van der Waals surface area contributed by atoms with Gasteiger partial charge in [0.1, 0.15) is 16.3 Å². The highest BCUT2D eigenvalue weighted by Crippen LogP contribution is 2.39. The summed E-state index contributed by atoms with van der Waals surface area (Å²) in [6.07, 6.45) is 4.49. The van der Waals surface area contributed by atoms with Gasteiger partial charge in [-0.15, -0.1) is 11.3 Å². The molecule has 2 aromatic heterocycles. The van der Waals surface area contributed by atoms with Crippen LogP contribution in [0.1, 0.15) is 16.9 Å². The van der Waals surface area contributed by atoms with Gasteiger partial charge in [-0.2, -0.15) is 0 Å². The molecule has 3 nitrogen and oxygen atoms in total. The fourth-order valence-corrected chi connectivity index (χ4v) is 3.78. The summed E-state index contributed by atoms with van der Waals surface area (Å²) in [6, 6.07) is 0. The van der Waals surface area contributed by atoms with Gasteiger partial charge in [0, 0.05) is 11.5 Å². The average molecular weight is 255 g/mol. The zero-order chi connectivity index (χ0) is 11.1. The van der Waals surface area contributed by atoms with Crippen molar-refractivity contribution in [3.63, 3.8) is 0 Å². The molecule has 0 bridgehead atoms. The molecule has 0 aliphatic heterocycles. The SMILES string of the molecule is OCC1CCc2sc3ncnc(Cl)c3c2C1. The molecule has 1 aliphatic carbocycles. The Morgan fingerprint density at radius 3 is 3.19 bits per heavy atom. The normalized spacial score (nSPS) is 20.0. The molecule has 2 heterocycles. The number of fused-ring (bicyclic) bond motifs is 3. The third-order valence-electron chi connectivity index (χ3n) is 3.16. The minimum Gasteiger partial charge on any atom is -0.396 e. The molecule has 0 aromatic carbocycles. The molecule has 1 unspecified atom stereocenters. The lowest BCUT2D eigenvalue weighted by Gasteiger charge is -2.19. The number of hydrogen-bond donors (Lipinski definition) is 1. The van der Waals surface area contributed by atoms with E-state index in [0.717, 1.165) is 29.5 Å². The van der Waals surface area contributed by atoms with Gasteiger partial charge < -0.3 is 5.11 Å². The third-order valence-corrected chi connectivity index (χ3v) is 4.64. The van der Waals surface area contributed by atoms with Gasteiger partial charge in [0.2, 0.25) is 0 Å². The van der Waals surface area contributed by atoms with Crippen LogP contribution in [0, 0.1) is 5.92 Å². The van der Waals surface area contributed by atoms with Crippen LogP contribution in [-0.4, -0.2) is 21.7 Å². The second kappa shape index (κ2) is 3.95. The Balaban J connectivity index is 2.19. The standard InChI is InChI=1S/C11H11ClN2OS/c12-10-9-7-3-6(4-15)1-2-8(7)16-11(9)14-5-13-10/h5-6,15H,1-4H2. The smallest absolute Gasteiger partial charge is 0.141 e. The minimum absolute atomic E-state index is 0.252. The zero-order valence-electron chi connectivity index (χ0n) is 8.61. The topological polar surface area (TPSA) is 46.0 Å². The predicted molar refractivity (Wildman–Crippen MR) is 65.0 cm³/mol. The lowest BCUT2D eigenvalue weighted by Crippen LogP contribution is -2.15. The van der Waals surface area contributed by atoms with E-state index in [1.807, 2.05) is 0 Å². The van der Waals surface area contributed by atoms with Crippen LogP contribution in [0.2, 0.25) is 5.15 Å². The first-order valence-electron chi connectivity index (χ1n) is 5.31. The highest BCUT2D eigenvalue weighted by atomic mass is 35.5. The molecular weight excluding hydrogens is 244 g/mol. The Morgan fingerprint density at radius 2 is 2.38 bits per heavy atom. The molecule has 0 saturated heterocycles. The second-order valence-corrected chi connectivity index (χ2v) is 5.58. The second-order valence-electron chi connectivity index (χ2n) is 4.14. The maximum Gasteiger partial charge on any atom is 0.141 e. The van der Waals surface area contributed by atoms with Gasteiger partial charge in [0.15, 0.2) is 0 Å². The van der Waals surface area contributed by atoms with Crippen LogP contribution in [0.25, 0.3) is 10.2 Å². The molecule has 0 fully saturated rings. The fraction of sp³-hybridized carbons (Fsp3) is 0.455. The van der Waals surface area contributed by atoms with Crippen molar-refractivity contribution in [1.82, 2.24) is 9.97 Å². The van der Waals surface area contributed by atoms with Crippen molar-refractivity contribution in [3.8, 4) is 0 Å². The van der Waals surface area contributed by atoms with Crippen LogP contribution in [-0.2, 0) is 12.8 Å². The molecule has 2 aromatic rings. The number of aliphatic hydroxyl groups excluding tert-OH is 1. The van der Waals surface area contributed by atoms with Gasteiger partial charge in [0.05, 0.1) is 5.39 Å². The van der Waals surface area contributed by atoms with Gasteiger partial charge in [-0.1, -0.05) is 11.6 Å². The van der Waals surface area contributed by atoms with Gasteiger partial charge in [-0.05, 0) is 30.7 Å². The number of hydrogen-bond acceptors (Lipinski definition) is 4. The van der Waals surface area contributed by atoms with E-state index in [1.165, 1.54) is 16.8 Å². The number of aliphatic hydroxyl groups is 1. The van der Waals surface area contributed by atoms with Crippen molar-refractivity contribution in [1.29, 1.82) is 0 Å². The van der Waals surface area contributed by atoms with E-state index in [0.29, 0.717) is 11.1 Å². The number of aryl methyl sites for hydroxylation is 1. The molecule has 16 heavy (non-hydrogen) atoms. The monoisotopic (exact) mass is 254 g/mol. The minimum atomic E-state index is 0.252. The summed E-state index contributed by atoms with van der Waals surface area (Å²) in [7, 11) is 0. The molecule has 3 rings (SSSR count). The molecule has 1 aliphatic rings. The molecular formula is C11H11ClN2OS. The summed E-state index contributed by atoms with van der Waals surface area (Å²) in [5.41, 5.74) is 1.26. The highest BCUT2D eigenvalue weighted by molar-refractivity contribution is 7.19. The summed E-state index contributed by atoms with van der Waals surface area (Å²) in [4.78, 5) is 10.6. The fourth-order valence-electron chi connectivity index (χ4n) is 2.30. The molecule has 1 atom stereocenters. The van der Waals surface area contributed by atoms with Crippen molar-refractivity contribution in [2.45, 2.75) is 19.3 Å². The Bertz CT molecular complexity index is 540. The summed E-state index contributed by atoms with van der Waals surface area (Å²) in [6.45, 7) is 0.252. The van der Waals surface area contributed by atoms with E-state index in [-0.39, 0.29) is 6.61 Å². The summed E-state index contributed by atoms with van der Waals surface area (Å²) >= 11 is 7.83. The van der Waals surface area contributed by atoms with Crippen molar-refractivity contribution in [2.24, 2.45) is 5.92 Å². The van der Waals surface area contributed by atoms with Gasteiger partial charge in [0.25, 0.3) is 0 Å². The van der Waals surface area contributed by atoms with E-state index in [4.69, 9.17) is 11.6 Å². The maximum absolute atomic E-state index is 9.23. The highest BCUT2D eigenvalue weighted by Gasteiger charge is 2.24. The van der Waals surface area contributed by atoms with Crippen molar-refractivity contribution < 1.29 is 5.11 Å². The lowest BCUT2D eigenvalue weighted by atomic mass is 9.88. The third kappa shape index (κ3) is 1.52. The Hall–Kier alpha value is -0.710. The van der Waals surface area contributed by atoms with E-state index in [2.05, 4.69) is 9.97 Å². The predicted octanol–water partition coefficient (Wildman–Crippen LogP) is 2.44. The van der Waals surface area contributed by atoms with Crippen molar-refractivity contribution >= 4 is 33.2 Å². The van der Waals surface area contributed by atoms with Crippen LogP contribution in [0.5, 0.6) is 0 Å². The van der Waals surface area contributed by atoms with Crippen LogP contribution < -0.4 is 0 Å². The first kappa shape index (κ1) is 10.4. The molecule has 0 amide bonds. The van der Waals surface area contributed by atoms with Gasteiger partial charge in [-0.25, -0.2) is 9.97 Å². The molecule has 0 radical (unpaired) electrons. The number of thiophene rings is 1. The van der Waals surface area contributed by atoms with Crippen LogP contribution >= 0.6 is 22.9 Å². The van der Waals surface area contributed by atoms with Gasteiger partial charge in [-0.3, -0.25) is 0 Å². The van der Waals surface area contributed by atoms with E-state index >= 15 is 0 Å². The first-order chi connectivity index (χ1) is 7.79. The van der Waals surface area contributed by atoms with Crippen LogP contribution in [0.4, 0.5) is 0 Å². The summed E-state index contributed by atoms with van der Waals surface area (Å²) in [5, 5.41) is 10.8. The van der Waals surface area contributed by atoms with Crippen molar-refractivity contribution in [3.05, 3.63) is 21.9 Å². The van der Waals surface area contributed by atoms with Crippen LogP contribution in [0.15, 0.2) is 6.33 Å². The number of rotatable bonds is 1. The molecule has 84 valence electrons. The number of aromatic nitrogens is 2. The average Bonchev–Trinajstić information content (AvgIpc) is 2.67. The summed E-state index contributed by atoms with van der Waals surface area (Å²) in [5.74, 6) is 0.363. The largest absolute Gasteiger partial charge is 0.396 e. The van der Waals surface area contributed by atoms with E-state index in [1.54, 1.807) is 11.3 Å². The van der Waals surface area contributed by atoms with Crippen molar-refractivity contribution in [2.75, 3.05) is 6.61 Å². The van der Waals surface area contributed by atoms with Crippen LogP contribution in [0.3, 0.4) is 0 Å². The number of nitrogens with zero attached hydrogens (tertiary/aromatic N) is 2. The van der Waals surface area contributed by atoms with E-state index < -0.39 is 0 Å². The maximum atomic E-state index is 9.23. The van der Waals surface area contributed by atoms with Gasteiger partial charge >= 0.3 is 0 Å². The summed E-state index contributed by atoms with van der Waals surface area (Å²) < 4.78 is 0. The Labute approximate surface area is 102 Å². The van der Waals surface area contributed by atoms with E-state index in [9.17, 15) is 5.11 Å². The molecule has 5 heteroatoms. The number of halogens is 1. The lowest BCUT2D eigenvalue weighted by molar-refractivity contribution is 0.214. The first-order valence-corrected chi connectivity index (χ1v) is 6.50. The quantitative estimate of drug-likeness (QED) is 0.795. The Morgan fingerprint density at radius 1 is 1.50 bits per heavy atom. The molecule has 0 saturated carbocycles. The molecule has 0 spiro atoms.